The molecule has 0 radical (unpaired) electrons. The number of benzene rings is 2. The summed E-state index contributed by atoms with van der Waals surface area (Å²) in [5.41, 5.74) is 2.93. The Kier molecular flexibility index (Phi) is 6.48. The molecule has 1 fully saturated rings. The van der Waals surface area contributed by atoms with Crippen LogP contribution < -0.4 is 10.6 Å². The van der Waals surface area contributed by atoms with E-state index in [9.17, 15) is 27.2 Å². The molecule has 3 heterocycles. The van der Waals surface area contributed by atoms with Crippen molar-refractivity contribution in [3.8, 4) is 11.1 Å². The Morgan fingerprint density at radius 3 is 2.73 bits per heavy atom. The maximum absolute atomic E-state index is 14.2. The second-order valence-electron chi connectivity index (χ2n) is 10.1. The molecule has 6 rings (SSSR count). The molecule has 2 N–H and O–H groups in total. The molecule has 0 spiro atoms. The molecule has 0 bridgehead atoms. The van der Waals surface area contributed by atoms with Crippen LogP contribution in [0, 0.1) is 17.7 Å². The normalized spacial score (nSPS) is 20.8. The van der Waals surface area contributed by atoms with Crippen molar-refractivity contribution < 1.29 is 27.2 Å². The van der Waals surface area contributed by atoms with Crippen LogP contribution in [0.5, 0.6) is 0 Å². The van der Waals surface area contributed by atoms with Crippen molar-refractivity contribution in [1.82, 2.24) is 19.9 Å². The highest BCUT2D eigenvalue weighted by Gasteiger charge is 2.44. The van der Waals surface area contributed by atoms with Gasteiger partial charge in [0.15, 0.2) is 5.65 Å². The van der Waals surface area contributed by atoms with Crippen molar-refractivity contribution in [3.63, 3.8) is 0 Å². The molecule has 4 aromatic rings. The van der Waals surface area contributed by atoms with Gasteiger partial charge in [-0.1, -0.05) is 18.0 Å². The zero-order valence-electron chi connectivity index (χ0n) is 20.8. The van der Waals surface area contributed by atoms with E-state index in [0.717, 1.165) is 0 Å². The Morgan fingerprint density at radius 1 is 1.10 bits per heavy atom. The van der Waals surface area contributed by atoms with Gasteiger partial charge in [0.1, 0.15) is 12.1 Å². The lowest BCUT2D eigenvalue weighted by atomic mass is 9.80. The van der Waals surface area contributed by atoms with Crippen LogP contribution in [0.3, 0.4) is 0 Å². The Morgan fingerprint density at radius 2 is 1.93 bits per heavy atom. The van der Waals surface area contributed by atoms with Crippen molar-refractivity contribution in [2.45, 2.75) is 37.9 Å². The first kappa shape index (κ1) is 26.2. The zero-order chi connectivity index (χ0) is 28.2. The first-order chi connectivity index (χ1) is 19.1. The molecule has 1 saturated carbocycles. The molecule has 1 aliphatic heterocycles. The predicted molar refractivity (Wildman–Crippen MR) is 139 cm³/mol. The van der Waals surface area contributed by atoms with Crippen molar-refractivity contribution in [1.29, 1.82) is 0 Å². The number of nitrogens with one attached hydrogen (secondary N) is 2. The second-order valence-corrected chi connectivity index (χ2v) is 10.5. The third-order valence-corrected chi connectivity index (χ3v) is 7.98. The number of anilines is 1. The molecule has 2 aromatic carbocycles. The summed E-state index contributed by atoms with van der Waals surface area (Å²) in [5.74, 6) is -4.00. The minimum Gasteiger partial charge on any atom is -0.341 e. The average Bonchev–Trinajstić information content (AvgIpc) is 3.53. The number of carbonyl (C=O) groups is 2. The van der Waals surface area contributed by atoms with E-state index < -0.39 is 41.7 Å². The summed E-state index contributed by atoms with van der Waals surface area (Å²) in [6, 6.07) is 9.69. The quantitative estimate of drug-likeness (QED) is 0.280. The summed E-state index contributed by atoms with van der Waals surface area (Å²) in [7, 11) is 0. The lowest BCUT2D eigenvalue weighted by Gasteiger charge is -2.30. The van der Waals surface area contributed by atoms with Gasteiger partial charge in [-0.3, -0.25) is 9.59 Å². The maximum atomic E-state index is 14.2. The lowest BCUT2D eigenvalue weighted by molar-refractivity contribution is -0.185. The Balaban J connectivity index is 1.44. The number of rotatable bonds is 4. The molecule has 2 amide bonds. The Bertz CT molecular complexity index is 1650. The van der Waals surface area contributed by atoms with E-state index in [4.69, 9.17) is 11.6 Å². The van der Waals surface area contributed by atoms with Gasteiger partial charge < -0.3 is 10.6 Å². The van der Waals surface area contributed by atoms with Crippen LogP contribution >= 0.6 is 11.6 Å². The number of hydrogen-bond acceptors (Lipinski definition) is 4. The maximum Gasteiger partial charge on any atom is 0.391 e. The van der Waals surface area contributed by atoms with Gasteiger partial charge in [-0.15, -0.1) is 0 Å². The SMILES string of the molecule is O=C1NC(c2cc(F)ccc2Cl)c2c(NC(=O)[C@H]3CCC[C@H](C(F)(F)F)C3)cc(-c3ccc4ncnn4c3)cc21. The van der Waals surface area contributed by atoms with Crippen LogP contribution in [-0.4, -0.2) is 32.6 Å². The fourth-order valence-electron chi connectivity index (χ4n) is 5.62. The van der Waals surface area contributed by atoms with Crippen LogP contribution in [0.25, 0.3) is 16.8 Å². The van der Waals surface area contributed by atoms with Gasteiger partial charge in [-0.25, -0.2) is 13.9 Å². The summed E-state index contributed by atoms with van der Waals surface area (Å²) >= 11 is 6.37. The molecular weight excluding hydrogens is 550 g/mol. The van der Waals surface area contributed by atoms with Gasteiger partial charge in [-0.05, 0) is 67.3 Å². The second kappa shape index (κ2) is 9.88. The predicted octanol–water partition coefficient (Wildman–Crippen LogP) is 6.33. The van der Waals surface area contributed by atoms with Crippen LogP contribution in [0.1, 0.15) is 53.2 Å². The zero-order valence-corrected chi connectivity index (χ0v) is 21.6. The molecule has 3 atom stereocenters. The van der Waals surface area contributed by atoms with Crippen LogP contribution in [0.15, 0.2) is 55.0 Å². The number of halogens is 5. The first-order valence-electron chi connectivity index (χ1n) is 12.7. The largest absolute Gasteiger partial charge is 0.391 e. The molecule has 1 aliphatic carbocycles. The van der Waals surface area contributed by atoms with E-state index in [0.29, 0.717) is 28.8 Å². The fourth-order valence-corrected chi connectivity index (χ4v) is 5.85. The van der Waals surface area contributed by atoms with Crippen molar-refractivity contribution >= 4 is 34.7 Å². The highest BCUT2D eigenvalue weighted by molar-refractivity contribution is 6.31. The summed E-state index contributed by atoms with van der Waals surface area (Å²) < 4.78 is 56.1. The highest BCUT2D eigenvalue weighted by Crippen LogP contribution is 2.43. The molecule has 2 aliphatic rings. The van der Waals surface area contributed by atoms with Gasteiger partial charge in [0.25, 0.3) is 5.91 Å². The summed E-state index contributed by atoms with van der Waals surface area (Å²) in [6.07, 6.45) is -1.00. The number of aromatic nitrogens is 3. The minimum absolute atomic E-state index is 0.0124. The number of alkyl halides is 3. The van der Waals surface area contributed by atoms with Crippen LogP contribution in [-0.2, 0) is 4.79 Å². The van der Waals surface area contributed by atoms with Crippen LogP contribution in [0.2, 0.25) is 5.02 Å². The van der Waals surface area contributed by atoms with E-state index in [2.05, 4.69) is 20.7 Å². The smallest absolute Gasteiger partial charge is 0.341 e. The van der Waals surface area contributed by atoms with E-state index >= 15 is 0 Å². The number of pyridine rings is 1. The Hall–Kier alpha value is -3.99. The van der Waals surface area contributed by atoms with Crippen LogP contribution in [0.4, 0.5) is 23.2 Å². The molecular formula is C28H22ClF4N5O2. The van der Waals surface area contributed by atoms with Crippen molar-refractivity contribution in [3.05, 3.63) is 82.5 Å². The van der Waals surface area contributed by atoms with E-state index in [1.165, 1.54) is 24.5 Å². The monoisotopic (exact) mass is 571 g/mol. The first-order valence-corrected chi connectivity index (χ1v) is 13.1. The molecule has 7 nitrogen and oxygen atoms in total. The number of hydrogen-bond donors (Lipinski definition) is 2. The van der Waals surface area contributed by atoms with Crippen molar-refractivity contribution in [2.24, 2.45) is 11.8 Å². The topological polar surface area (TPSA) is 88.4 Å². The molecule has 0 saturated heterocycles. The molecule has 1 unspecified atom stereocenters. The van der Waals surface area contributed by atoms with Crippen molar-refractivity contribution in [2.75, 3.05) is 5.32 Å². The van der Waals surface area contributed by atoms with E-state index in [1.54, 1.807) is 35.0 Å². The summed E-state index contributed by atoms with van der Waals surface area (Å²) in [6.45, 7) is 0. The number of fused-ring (bicyclic) bond motifs is 2. The third kappa shape index (κ3) is 4.78. The van der Waals surface area contributed by atoms with Gasteiger partial charge >= 0.3 is 6.18 Å². The van der Waals surface area contributed by atoms with Gasteiger partial charge in [0, 0.05) is 45.1 Å². The Labute approximate surface area is 230 Å². The van der Waals surface area contributed by atoms with E-state index in [1.807, 2.05) is 0 Å². The average molecular weight is 572 g/mol. The van der Waals surface area contributed by atoms with Gasteiger partial charge in [0.05, 0.1) is 12.0 Å². The molecule has 12 heteroatoms. The van der Waals surface area contributed by atoms with Gasteiger partial charge in [0.2, 0.25) is 5.91 Å². The van der Waals surface area contributed by atoms with Gasteiger partial charge in [-0.2, -0.15) is 18.3 Å². The molecule has 206 valence electrons. The van der Waals surface area contributed by atoms with E-state index in [-0.39, 0.29) is 41.1 Å². The minimum atomic E-state index is -4.38. The lowest BCUT2D eigenvalue weighted by Crippen LogP contribution is -2.34. The summed E-state index contributed by atoms with van der Waals surface area (Å²) in [5, 5.41) is 9.96. The fraction of sp³-hybridized carbons (Fsp3) is 0.286. The highest BCUT2D eigenvalue weighted by atomic mass is 35.5. The summed E-state index contributed by atoms with van der Waals surface area (Å²) in [4.78, 5) is 30.7. The number of amides is 2. The number of carbonyl (C=O) groups excluding carboxylic acids is 2. The third-order valence-electron chi connectivity index (χ3n) is 7.63. The molecule has 2 aromatic heterocycles. The number of nitrogens with zero attached hydrogens (tertiary/aromatic N) is 3. The molecule has 40 heavy (non-hydrogen) atoms. The standard InChI is InChI=1S/C28H22ClF4N5O2/c29-21-6-5-18(30)11-19(21)25-24-20(27(40)37-25)9-16(15-4-7-23-34-13-35-38(23)12-15)10-22(24)36-26(39)14-2-1-3-17(8-14)28(31,32)33/h4-7,9-14,17,25H,1-3,8H2,(H,36,39)(H,37,40)/t14-,17-,25?/m0/s1.